The largest absolute Gasteiger partial charge is 0.481 e. The monoisotopic (exact) mass is 278 g/mol. The smallest absolute Gasteiger partial charge is 0.304 e. The minimum absolute atomic E-state index is 0.201. The fourth-order valence-electron chi connectivity index (χ4n) is 2.47. The number of carboxylic acids is 1. The summed E-state index contributed by atoms with van der Waals surface area (Å²) in [7, 11) is 0. The molecule has 0 aromatic heterocycles. The average molecular weight is 278 g/mol. The molecular formula is C15H22N2O3. The second-order valence-electron chi connectivity index (χ2n) is 5.21. The van der Waals surface area contributed by atoms with Gasteiger partial charge in [-0.05, 0) is 5.56 Å². The number of nitrogens with zero attached hydrogens (tertiary/aromatic N) is 2. The highest BCUT2D eigenvalue weighted by Gasteiger charge is 2.20. The fraction of sp³-hybridized carbons (Fsp3) is 0.533. The topological polar surface area (TPSA) is 64.0 Å². The molecule has 1 aliphatic rings. The van der Waals surface area contributed by atoms with E-state index in [9.17, 15) is 9.90 Å². The molecule has 20 heavy (non-hydrogen) atoms. The normalized spacial score (nSPS) is 18.9. The maximum Gasteiger partial charge on any atom is 0.304 e. The lowest BCUT2D eigenvalue weighted by atomic mass is 10.1. The maximum absolute atomic E-state index is 10.5. The molecule has 1 aromatic carbocycles. The first-order chi connectivity index (χ1) is 9.65. The molecule has 1 saturated heterocycles. The zero-order valence-electron chi connectivity index (χ0n) is 11.6. The second-order valence-corrected chi connectivity index (χ2v) is 5.21. The first-order valence-electron chi connectivity index (χ1n) is 7.04. The molecule has 0 spiro atoms. The van der Waals surface area contributed by atoms with Crippen molar-refractivity contribution in [3.63, 3.8) is 0 Å². The highest BCUT2D eigenvalue weighted by Crippen LogP contribution is 2.14. The van der Waals surface area contributed by atoms with Gasteiger partial charge in [0.1, 0.15) is 0 Å². The Kier molecular flexibility index (Phi) is 5.52. The summed E-state index contributed by atoms with van der Waals surface area (Å²) >= 11 is 0. The Morgan fingerprint density at radius 1 is 1.10 bits per heavy atom. The van der Waals surface area contributed by atoms with Crippen molar-refractivity contribution in [2.45, 2.75) is 12.5 Å². The van der Waals surface area contributed by atoms with Crippen LogP contribution in [0.25, 0.3) is 0 Å². The van der Waals surface area contributed by atoms with Crippen LogP contribution < -0.4 is 0 Å². The van der Waals surface area contributed by atoms with Crippen molar-refractivity contribution in [3.05, 3.63) is 35.9 Å². The van der Waals surface area contributed by atoms with Crippen molar-refractivity contribution >= 4 is 5.97 Å². The predicted molar refractivity (Wildman–Crippen MR) is 76.5 cm³/mol. The first-order valence-corrected chi connectivity index (χ1v) is 7.04. The van der Waals surface area contributed by atoms with E-state index in [2.05, 4.69) is 9.80 Å². The second kappa shape index (κ2) is 7.38. The number of aliphatic hydroxyl groups is 1. The van der Waals surface area contributed by atoms with Crippen LogP contribution in [0.2, 0.25) is 0 Å². The summed E-state index contributed by atoms with van der Waals surface area (Å²) in [6.45, 7) is 4.75. The molecule has 1 aromatic rings. The van der Waals surface area contributed by atoms with Gasteiger partial charge in [-0.1, -0.05) is 30.3 Å². The maximum atomic E-state index is 10.5. The van der Waals surface area contributed by atoms with Crippen LogP contribution in [-0.2, 0) is 4.79 Å². The Morgan fingerprint density at radius 2 is 1.70 bits per heavy atom. The minimum atomic E-state index is -0.744. The van der Waals surface area contributed by atoms with E-state index in [0.717, 1.165) is 31.7 Å². The number of benzene rings is 1. The first kappa shape index (κ1) is 15.0. The summed E-state index contributed by atoms with van der Waals surface area (Å²) in [6.07, 6.45) is -0.256. The Labute approximate surface area is 119 Å². The number of β-amino-alcohol motifs (C(OH)–C–C–N with tert-alkyl or cyclic N) is 1. The molecule has 1 fully saturated rings. The van der Waals surface area contributed by atoms with Gasteiger partial charge in [0.15, 0.2) is 0 Å². The molecule has 0 radical (unpaired) electrons. The molecule has 2 N–H and O–H groups in total. The fourth-order valence-corrected chi connectivity index (χ4v) is 2.47. The third-order valence-electron chi connectivity index (χ3n) is 3.72. The molecule has 1 unspecified atom stereocenters. The molecule has 5 nitrogen and oxygen atoms in total. The van der Waals surface area contributed by atoms with Gasteiger partial charge in [-0.2, -0.15) is 0 Å². The molecule has 110 valence electrons. The van der Waals surface area contributed by atoms with Crippen LogP contribution in [0.4, 0.5) is 0 Å². The van der Waals surface area contributed by atoms with E-state index in [-0.39, 0.29) is 6.42 Å². The van der Waals surface area contributed by atoms with E-state index in [1.807, 2.05) is 30.3 Å². The molecule has 0 bridgehead atoms. The SMILES string of the molecule is O=C(O)CCN1CCN(CC(O)c2ccccc2)CC1. The summed E-state index contributed by atoms with van der Waals surface area (Å²) < 4.78 is 0. The molecule has 1 heterocycles. The van der Waals surface area contributed by atoms with E-state index in [4.69, 9.17) is 5.11 Å². The van der Waals surface area contributed by atoms with Crippen LogP contribution in [0.1, 0.15) is 18.1 Å². The third kappa shape index (κ3) is 4.59. The van der Waals surface area contributed by atoms with Gasteiger partial charge in [-0.25, -0.2) is 0 Å². The van der Waals surface area contributed by atoms with Gasteiger partial charge >= 0.3 is 5.97 Å². The van der Waals surface area contributed by atoms with Crippen LogP contribution in [0.5, 0.6) is 0 Å². The van der Waals surface area contributed by atoms with E-state index in [0.29, 0.717) is 13.1 Å². The van der Waals surface area contributed by atoms with Crippen LogP contribution >= 0.6 is 0 Å². The Morgan fingerprint density at radius 3 is 2.30 bits per heavy atom. The van der Waals surface area contributed by atoms with Crippen molar-refractivity contribution in [3.8, 4) is 0 Å². The minimum Gasteiger partial charge on any atom is -0.481 e. The third-order valence-corrected chi connectivity index (χ3v) is 3.72. The van der Waals surface area contributed by atoms with Gasteiger partial charge in [-0.3, -0.25) is 9.69 Å². The zero-order chi connectivity index (χ0) is 14.4. The molecule has 1 aliphatic heterocycles. The Balaban J connectivity index is 1.73. The molecule has 0 saturated carbocycles. The zero-order valence-corrected chi connectivity index (χ0v) is 11.6. The van der Waals surface area contributed by atoms with Crippen LogP contribution in [0.3, 0.4) is 0 Å². The molecule has 2 rings (SSSR count). The number of aliphatic hydroxyl groups excluding tert-OH is 1. The van der Waals surface area contributed by atoms with E-state index in [1.54, 1.807) is 0 Å². The number of hydrogen-bond acceptors (Lipinski definition) is 4. The summed E-state index contributed by atoms with van der Waals surface area (Å²) in [6, 6.07) is 9.68. The lowest BCUT2D eigenvalue weighted by Crippen LogP contribution is -2.47. The predicted octanol–water partition coefficient (Wildman–Crippen LogP) is 0.812. The molecular weight excluding hydrogens is 256 g/mol. The summed E-state index contributed by atoms with van der Waals surface area (Å²) in [5.41, 5.74) is 0.945. The van der Waals surface area contributed by atoms with Crippen LogP contribution in [-0.4, -0.2) is 65.3 Å². The summed E-state index contributed by atoms with van der Waals surface area (Å²) in [5, 5.41) is 18.9. The number of rotatable bonds is 6. The number of aliphatic carboxylic acids is 1. The van der Waals surface area contributed by atoms with Gasteiger partial charge in [0.05, 0.1) is 12.5 Å². The van der Waals surface area contributed by atoms with E-state index < -0.39 is 12.1 Å². The highest BCUT2D eigenvalue weighted by atomic mass is 16.4. The van der Waals surface area contributed by atoms with E-state index in [1.165, 1.54) is 0 Å². The van der Waals surface area contributed by atoms with Gasteiger partial charge < -0.3 is 15.1 Å². The molecule has 5 heteroatoms. The van der Waals surface area contributed by atoms with Crippen molar-refractivity contribution in [2.24, 2.45) is 0 Å². The van der Waals surface area contributed by atoms with Crippen LogP contribution in [0.15, 0.2) is 30.3 Å². The number of piperazine rings is 1. The van der Waals surface area contributed by atoms with Crippen molar-refractivity contribution in [2.75, 3.05) is 39.3 Å². The summed E-state index contributed by atoms with van der Waals surface area (Å²) in [4.78, 5) is 14.9. The number of carboxylic acid groups (broad SMARTS) is 1. The lowest BCUT2D eigenvalue weighted by molar-refractivity contribution is -0.137. The Bertz CT molecular complexity index is 416. The lowest BCUT2D eigenvalue weighted by Gasteiger charge is -2.35. The van der Waals surface area contributed by atoms with Crippen molar-refractivity contribution < 1.29 is 15.0 Å². The molecule has 0 amide bonds. The highest BCUT2D eigenvalue weighted by molar-refractivity contribution is 5.66. The van der Waals surface area contributed by atoms with Crippen molar-refractivity contribution in [1.29, 1.82) is 0 Å². The number of carbonyl (C=O) groups is 1. The molecule has 0 aliphatic carbocycles. The van der Waals surface area contributed by atoms with Gasteiger partial charge in [0, 0.05) is 39.3 Å². The van der Waals surface area contributed by atoms with Gasteiger partial charge in [0.2, 0.25) is 0 Å². The van der Waals surface area contributed by atoms with Crippen LogP contribution in [0, 0.1) is 0 Å². The standard InChI is InChI=1S/C15H22N2O3/c18-14(13-4-2-1-3-5-13)12-17-10-8-16(9-11-17)7-6-15(19)20/h1-5,14,18H,6-12H2,(H,19,20). The number of hydrogen-bond donors (Lipinski definition) is 2. The van der Waals surface area contributed by atoms with E-state index >= 15 is 0 Å². The summed E-state index contributed by atoms with van der Waals surface area (Å²) in [5.74, 6) is -0.744. The Hall–Kier alpha value is -1.43. The average Bonchev–Trinajstić information content (AvgIpc) is 2.47. The van der Waals surface area contributed by atoms with Gasteiger partial charge in [0.25, 0.3) is 0 Å². The molecule has 1 atom stereocenters. The van der Waals surface area contributed by atoms with Gasteiger partial charge in [-0.15, -0.1) is 0 Å². The van der Waals surface area contributed by atoms with Crippen molar-refractivity contribution in [1.82, 2.24) is 9.80 Å². The quantitative estimate of drug-likeness (QED) is 0.806.